The number of rotatable bonds is 25. The predicted octanol–water partition coefficient (Wildman–Crippen LogP) is 34.7. The first-order valence-electron chi connectivity index (χ1n) is 49.2. The van der Waals surface area contributed by atoms with E-state index in [-0.39, 0.29) is 58.5 Å². The minimum Gasteiger partial charge on any atom is -0.494 e. The van der Waals surface area contributed by atoms with Crippen LogP contribution >= 0.6 is 23.2 Å². The normalized spacial score (nSPS) is 25.7. The summed E-state index contributed by atoms with van der Waals surface area (Å²) in [7, 11) is 1.37. The van der Waals surface area contributed by atoms with Crippen LogP contribution in [-0.2, 0) is 52.7 Å². The third kappa shape index (κ3) is 24.6. The molecule has 0 spiro atoms. The Bertz CT molecular complexity index is 4920. The van der Waals surface area contributed by atoms with Crippen molar-refractivity contribution in [1.29, 1.82) is 0 Å². The second-order valence-electron chi connectivity index (χ2n) is 38.8. The average molecular weight is 1830 g/mol. The number of benzene rings is 8. The smallest absolute Gasteiger partial charge is 0.359 e. The zero-order valence-electron chi connectivity index (χ0n) is 77.1. The topological polar surface area (TPSA) is 36.9 Å². The highest BCUT2D eigenvalue weighted by atomic mass is 35.5. The quantitative estimate of drug-likeness (QED) is 0.0325. The van der Waals surface area contributed by atoms with Gasteiger partial charge in [-0.2, -0.15) is 22.0 Å². The number of allylic oxidation sites excluding steroid dienone is 1. The number of fused-ring (bicyclic) bond motifs is 9. The molecule has 3 aliphatic heterocycles. The van der Waals surface area contributed by atoms with Gasteiger partial charge in [-0.3, -0.25) is 0 Å². The maximum atomic E-state index is 15.2. The summed E-state index contributed by atoms with van der Waals surface area (Å²) in [6.07, 6.45) is 33.0. The van der Waals surface area contributed by atoms with Gasteiger partial charge in [0.15, 0.2) is 34.8 Å². The highest BCUT2D eigenvalue weighted by Gasteiger charge is 2.59. The van der Waals surface area contributed by atoms with Gasteiger partial charge in [-0.05, 0) is 298 Å². The molecule has 8 aromatic rings. The molecule has 17 heteroatoms. The van der Waals surface area contributed by atoms with E-state index < -0.39 is 77.1 Å². The van der Waals surface area contributed by atoms with Crippen molar-refractivity contribution in [3.8, 4) is 39.1 Å². The van der Waals surface area contributed by atoms with Crippen LogP contribution in [0.5, 0.6) is 5.75 Å². The van der Waals surface area contributed by atoms with Crippen molar-refractivity contribution in [3.63, 3.8) is 0 Å². The minimum absolute atomic E-state index is 0.00113. The van der Waals surface area contributed by atoms with Gasteiger partial charge in [0.2, 0.25) is 5.82 Å². The highest BCUT2D eigenvalue weighted by Crippen LogP contribution is 2.58. The van der Waals surface area contributed by atoms with E-state index in [2.05, 4.69) is 70.7 Å². The molecule has 6 fully saturated rings. The molecule has 0 bridgehead atoms. The van der Waals surface area contributed by atoms with E-state index in [4.69, 9.17) is 42.1 Å². The van der Waals surface area contributed by atoms with Gasteiger partial charge in [-0.15, -0.1) is 6.58 Å². The molecule has 0 aromatic heterocycles. The van der Waals surface area contributed by atoms with Gasteiger partial charge < -0.3 is 18.9 Å². The molecule has 9 atom stereocenters. The van der Waals surface area contributed by atoms with E-state index in [9.17, 15) is 39.5 Å². The van der Waals surface area contributed by atoms with Gasteiger partial charge in [-0.25, -0.2) is 26.3 Å². The molecule has 8 aromatic carbocycles. The first kappa shape index (κ1) is 99.5. The maximum Gasteiger partial charge on any atom is 0.359 e. The molecule has 3 heterocycles. The Kier molecular flexibility index (Phi) is 36.1. The Morgan fingerprint density at radius 1 is 0.419 bits per heavy atom. The fourth-order valence-corrected chi connectivity index (χ4v) is 23.5. The second-order valence-corrected chi connectivity index (χ2v) is 39.7. The first-order valence-corrected chi connectivity index (χ1v) is 49.9. The van der Waals surface area contributed by atoms with Crippen LogP contribution in [0.3, 0.4) is 0 Å². The number of halogens is 13. The van der Waals surface area contributed by atoms with Crippen molar-refractivity contribution >= 4 is 23.2 Å². The summed E-state index contributed by atoms with van der Waals surface area (Å²) in [5, 5.41) is 1.33. The third-order valence-corrected chi connectivity index (χ3v) is 31.0. The van der Waals surface area contributed by atoms with Gasteiger partial charge in [0.1, 0.15) is 5.82 Å². The summed E-state index contributed by atoms with van der Waals surface area (Å²) in [5.41, 5.74) is 11.0. The number of aryl methyl sites for hydroxylation is 6. The van der Waals surface area contributed by atoms with Gasteiger partial charge in [0.25, 0.3) is 0 Å². The molecule has 129 heavy (non-hydrogen) atoms. The molecule has 6 aliphatic carbocycles. The van der Waals surface area contributed by atoms with Crippen LogP contribution in [0, 0.1) is 106 Å². The SMILES string of the molecule is C=CCC1COC2c3ccc(Cl)cc3CCC2C1.CCCC1CCC(C2CCC(c3ccc(OC)c(F)c3F)CC2)CC1.CCCCCC1CC2CCc3cc(-c4ccc(Cl)cc4)c(F)c(F)c3C2OC1(F)F.CCCCCC1CCC(CCc2ccc(-c3ccc(CC)cc3F)cc2)CC1.CCCc1ccc(-c2cc3c(c(F)c2F)C2OC(F)(F)C(CC)C2CC3)cc1. The Labute approximate surface area is 771 Å². The van der Waals surface area contributed by atoms with Crippen LogP contribution in [-0.4, -0.2) is 25.9 Å². The Hall–Kier alpha value is -7.01. The molecule has 3 saturated heterocycles. The van der Waals surface area contributed by atoms with Crippen molar-refractivity contribution in [2.45, 2.75) is 316 Å². The maximum absolute atomic E-state index is 15.2. The van der Waals surface area contributed by atoms with Gasteiger partial charge in [0.05, 0.1) is 43.9 Å². The lowest BCUT2D eigenvalue weighted by molar-refractivity contribution is -0.332. The molecular weight excluding hydrogens is 1690 g/mol. The van der Waals surface area contributed by atoms with E-state index in [1.54, 1.807) is 73.7 Å². The van der Waals surface area contributed by atoms with Crippen LogP contribution in [0.15, 0.2) is 146 Å². The zero-order chi connectivity index (χ0) is 91.6. The molecule has 0 radical (unpaired) electrons. The van der Waals surface area contributed by atoms with E-state index in [0.717, 1.165) is 129 Å². The van der Waals surface area contributed by atoms with E-state index in [1.165, 1.54) is 146 Å². The number of alkyl halides is 4. The van der Waals surface area contributed by atoms with E-state index in [1.807, 2.05) is 43.3 Å². The Morgan fingerprint density at radius 2 is 0.938 bits per heavy atom. The van der Waals surface area contributed by atoms with E-state index >= 15 is 8.78 Å². The van der Waals surface area contributed by atoms with Crippen molar-refractivity contribution in [2.24, 2.45) is 65.1 Å². The molecular formula is C112H137Cl2F11O4. The summed E-state index contributed by atoms with van der Waals surface area (Å²) >= 11 is 11.9. The summed E-state index contributed by atoms with van der Waals surface area (Å²) in [4.78, 5) is 0. The number of hydrogen-bond donors (Lipinski definition) is 0. The molecule has 17 rings (SSSR count). The second kappa shape index (κ2) is 46.8. The number of unbranched alkanes of at least 4 members (excludes halogenated alkanes) is 4. The van der Waals surface area contributed by atoms with Crippen LogP contribution in [0.2, 0.25) is 10.0 Å². The number of methoxy groups -OCH3 is 1. The van der Waals surface area contributed by atoms with Gasteiger partial charge in [-0.1, -0.05) is 258 Å². The molecule has 9 unspecified atom stereocenters. The first-order chi connectivity index (χ1) is 62.3. The van der Waals surface area contributed by atoms with Crippen molar-refractivity contribution in [2.75, 3.05) is 13.7 Å². The molecule has 700 valence electrons. The molecule has 0 amide bonds. The monoisotopic (exact) mass is 1820 g/mol. The van der Waals surface area contributed by atoms with Gasteiger partial charge >= 0.3 is 12.2 Å². The number of hydrogen-bond acceptors (Lipinski definition) is 4. The summed E-state index contributed by atoms with van der Waals surface area (Å²) in [6.45, 7) is 17.1. The Balaban J connectivity index is 0.000000139. The average Bonchev–Trinajstić information content (AvgIpc) is 1.32. The Morgan fingerprint density at radius 3 is 1.52 bits per heavy atom. The van der Waals surface area contributed by atoms with Crippen LogP contribution < -0.4 is 4.74 Å². The lowest BCUT2D eigenvalue weighted by Gasteiger charge is -2.44. The summed E-state index contributed by atoms with van der Waals surface area (Å²) < 4.78 is 182. The van der Waals surface area contributed by atoms with Crippen molar-refractivity contribution in [1.82, 2.24) is 0 Å². The van der Waals surface area contributed by atoms with Crippen molar-refractivity contribution in [3.05, 3.63) is 253 Å². The molecule has 3 saturated carbocycles. The lowest BCUT2D eigenvalue weighted by atomic mass is 9.68. The van der Waals surface area contributed by atoms with Gasteiger partial charge in [0, 0.05) is 43.8 Å². The predicted molar refractivity (Wildman–Crippen MR) is 502 cm³/mol. The minimum atomic E-state index is -3.33. The van der Waals surface area contributed by atoms with Crippen LogP contribution in [0.4, 0.5) is 48.3 Å². The largest absolute Gasteiger partial charge is 0.494 e. The summed E-state index contributed by atoms with van der Waals surface area (Å²) in [5.74, 6) is -2.32. The summed E-state index contributed by atoms with van der Waals surface area (Å²) in [6, 6.07) is 40.7. The molecule has 9 aliphatic rings. The van der Waals surface area contributed by atoms with Crippen molar-refractivity contribution < 1.29 is 67.2 Å². The standard InChI is InChI=1S/C27H37F.C24H25ClF4O.C23H24F4O.C22H32F2O.C16H19ClO/c1-3-5-6-7-22-8-10-23(11-9-22)12-13-24-14-17-25(18-15-24)26-19-16-21(4-2)20-27(26)28;1-2-3-4-5-17-12-16-7-6-15-13-19(14-8-10-18(25)11-9-14)21(26)22(27)20(15)23(16)30-24(17,28)29;1-3-5-13-6-8-14(9-7-13)17-12-15-10-11-16-18(4-2)23(26,27)28-22(16)19(15)21(25)20(17)24;1-3-4-15-5-7-16(8-6-15)17-9-11-18(12-10-17)19-13-14-20(25-2)22(24)21(19)23;1-2-3-11-8-13-5-4-12-9-14(17)6-7-15(12)16(13)18-10-11/h14-20,22-23H,3-13H2,1-2H3;8-11,13,16-17,23H,2-7,12H2,1H3;6-9,12,16,18,22H,3-5,10-11H2,1-2H3;13-18H,3-12H2,1-2H3;2,6-7,9,11,13,16H,1,3-5,8,10H2. The third-order valence-electron chi connectivity index (χ3n) is 30.5. The fraction of sp³-hybridized carbons (Fsp3) is 0.554. The number of ether oxygens (including phenoxy) is 4. The highest BCUT2D eigenvalue weighted by molar-refractivity contribution is 6.31. The lowest BCUT2D eigenvalue weighted by Crippen LogP contribution is -2.44. The van der Waals surface area contributed by atoms with Crippen LogP contribution in [0.25, 0.3) is 33.4 Å². The zero-order valence-corrected chi connectivity index (χ0v) is 78.6. The van der Waals surface area contributed by atoms with Crippen LogP contribution in [0.1, 0.15) is 320 Å². The molecule has 4 nitrogen and oxygen atoms in total. The van der Waals surface area contributed by atoms with E-state index in [0.29, 0.717) is 88.4 Å². The fourth-order valence-electron chi connectivity index (χ4n) is 23.1. The molecule has 0 N–H and O–H groups in total.